The maximum absolute atomic E-state index is 12.1. The molecule has 0 aromatic carbocycles. The second kappa shape index (κ2) is 5.99. The molecule has 2 aliphatic heterocycles. The summed E-state index contributed by atoms with van der Waals surface area (Å²) in [4.78, 5) is 12.1. The van der Waals surface area contributed by atoms with Crippen molar-refractivity contribution >= 4 is 5.97 Å². The van der Waals surface area contributed by atoms with Crippen LogP contribution in [0.25, 0.3) is 0 Å². The summed E-state index contributed by atoms with van der Waals surface area (Å²) in [7, 11) is 1.85. The SMILES string of the molecule is CNC1COCC1C(=O)OC1CC(C)OC(C)C1. The number of nitrogens with one attached hydrogen (secondary N) is 1. The third-order valence-electron chi connectivity index (χ3n) is 3.69. The Morgan fingerprint density at radius 1 is 1.22 bits per heavy atom. The van der Waals surface area contributed by atoms with Crippen LogP contribution in [0.15, 0.2) is 0 Å². The van der Waals surface area contributed by atoms with Gasteiger partial charge in [-0.3, -0.25) is 4.79 Å². The van der Waals surface area contributed by atoms with E-state index in [1.54, 1.807) is 0 Å². The average Bonchev–Trinajstić information content (AvgIpc) is 2.75. The molecule has 2 saturated heterocycles. The van der Waals surface area contributed by atoms with Crippen molar-refractivity contribution < 1.29 is 19.0 Å². The monoisotopic (exact) mass is 257 g/mol. The van der Waals surface area contributed by atoms with E-state index in [0.717, 1.165) is 12.8 Å². The molecule has 0 aromatic rings. The minimum atomic E-state index is -0.177. The lowest BCUT2D eigenvalue weighted by Crippen LogP contribution is -2.41. The summed E-state index contributed by atoms with van der Waals surface area (Å²) in [5, 5.41) is 3.10. The Kier molecular flexibility index (Phi) is 4.59. The van der Waals surface area contributed by atoms with Crippen molar-refractivity contribution in [2.24, 2.45) is 5.92 Å². The third-order valence-corrected chi connectivity index (χ3v) is 3.69. The van der Waals surface area contributed by atoms with E-state index in [1.807, 2.05) is 20.9 Å². The predicted octanol–water partition coefficient (Wildman–Crippen LogP) is 0.720. The number of carbonyl (C=O) groups is 1. The van der Waals surface area contributed by atoms with Gasteiger partial charge < -0.3 is 19.5 Å². The predicted molar refractivity (Wildman–Crippen MR) is 66.3 cm³/mol. The van der Waals surface area contributed by atoms with Crippen LogP contribution in [-0.2, 0) is 19.0 Å². The zero-order valence-electron chi connectivity index (χ0n) is 11.3. The standard InChI is InChI=1S/C13H23NO4/c1-8-4-10(5-9(2)17-8)18-13(15)11-6-16-7-12(11)14-3/h8-12,14H,4-7H2,1-3H3. The molecule has 18 heavy (non-hydrogen) atoms. The Balaban J connectivity index is 1.86. The van der Waals surface area contributed by atoms with Gasteiger partial charge in [-0.25, -0.2) is 0 Å². The molecule has 0 saturated carbocycles. The molecule has 0 radical (unpaired) electrons. The van der Waals surface area contributed by atoms with Gasteiger partial charge in [0.05, 0.1) is 31.3 Å². The highest BCUT2D eigenvalue weighted by molar-refractivity contribution is 5.74. The Morgan fingerprint density at radius 2 is 1.89 bits per heavy atom. The quantitative estimate of drug-likeness (QED) is 0.755. The smallest absolute Gasteiger partial charge is 0.313 e. The minimum Gasteiger partial charge on any atom is -0.462 e. The molecule has 104 valence electrons. The van der Waals surface area contributed by atoms with E-state index in [1.165, 1.54) is 0 Å². The summed E-state index contributed by atoms with van der Waals surface area (Å²) in [6.07, 6.45) is 1.87. The fraction of sp³-hybridized carbons (Fsp3) is 0.923. The number of carbonyl (C=O) groups excluding carboxylic acids is 1. The molecule has 1 N–H and O–H groups in total. The lowest BCUT2D eigenvalue weighted by molar-refractivity contribution is -0.164. The van der Waals surface area contributed by atoms with Crippen molar-refractivity contribution in [3.05, 3.63) is 0 Å². The second-order valence-corrected chi connectivity index (χ2v) is 5.33. The van der Waals surface area contributed by atoms with E-state index in [-0.39, 0.29) is 36.2 Å². The fourth-order valence-corrected chi connectivity index (χ4v) is 2.76. The van der Waals surface area contributed by atoms with Crippen molar-refractivity contribution in [3.8, 4) is 0 Å². The molecule has 0 aromatic heterocycles. The van der Waals surface area contributed by atoms with E-state index in [2.05, 4.69) is 5.32 Å². The molecule has 4 atom stereocenters. The molecular weight excluding hydrogens is 234 g/mol. The molecule has 2 heterocycles. The molecule has 2 rings (SSSR count). The average molecular weight is 257 g/mol. The van der Waals surface area contributed by atoms with E-state index in [0.29, 0.717) is 13.2 Å². The highest BCUT2D eigenvalue weighted by atomic mass is 16.6. The normalized spacial score (nSPS) is 40.7. The van der Waals surface area contributed by atoms with Crippen LogP contribution in [0.5, 0.6) is 0 Å². The first-order valence-electron chi connectivity index (χ1n) is 6.71. The number of ether oxygens (including phenoxy) is 3. The number of likely N-dealkylation sites (N-methyl/N-ethyl adjacent to an activating group) is 1. The fourth-order valence-electron chi connectivity index (χ4n) is 2.76. The van der Waals surface area contributed by atoms with Crippen LogP contribution in [0.4, 0.5) is 0 Å². The van der Waals surface area contributed by atoms with E-state index >= 15 is 0 Å². The van der Waals surface area contributed by atoms with E-state index in [9.17, 15) is 4.79 Å². The summed E-state index contributed by atoms with van der Waals surface area (Å²) in [6.45, 7) is 5.08. The molecule has 0 spiro atoms. The number of rotatable bonds is 3. The Labute approximate surface area is 108 Å². The molecular formula is C13H23NO4. The maximum atomic E-state index is 12.1. The minimum absolute atomic E-state index is 0.0191. The van der Waals surface area contributed by atoms with Crippen LogP contribution in [0, 0.1) is 5.92 Å². The van der Waals surface area contributed by atoms with Crippen LogP contribution in [0.2, 0.25) is 0 Å². The second-order valence-electron chi connectivity index (χ2n) is 5.33. The van der Waals surface area contributed by atoms with Gasteiger partial charge in [-0.2, -0.15) is 0 Å². The highest BCUT2D eigenvalue weighted by Gasteiger charge is 2.36. The van der Waals surface area contributed by atoms with E-state index in [4.69, 9.17) is 14.2 Å². The van der Waals surface area contributed by atoms with Crippen molar-refractivity contribution in [2.45, 2.75) is 51.0 Å². The Hall–Kier alpha value is -0.650. The van der Waals surface area contributed by atoms with Gasteiger partial charge in [-0.05, 0) is 20.9 Å². The van der Waals surface area contributed by atoms with Gasteiger partial charge in [-0.1, -0.05) is 0 Å². The first-order valence-corrected chi connectivity index (χ1v) is 6.71. The molecule has 5 heteroatoms. The molecule has 0 bridgehead atoms. The molecule has 5 nitrogen and oxygen atoms in total. The summed E-state index contributed by atoms with van der Waals surface area (Å²) < 4.78 is 16.6. The first-order chi connectivity index (χ1) is 8.60. The lowest BCUT2D eigenvalue weighted by Gasteiger charge is -2.32. The first kappa shape index (κ1) is 13.8. The molecule has 2 fully saturated rings. The van der Waals surface area contributed by atoms with Crippen molar-refractivity contribution in [2.75, 3.05) is 20.3 Å². The van der Waals surface area contributed by atoms with Crippen molar-refractivity contribution in [1.29, 1.82) is 0 Å². The lowest BCUT2D eigenvalue weighted by atomic mass is 10.0. The van der Waals surface area contributed by atoms with Crippen LogP contribution in [-0.4, -0.2) is 50.6 Å². The van der Waals surface area contributed by atoms with Crippen molar-refractivity contribution in [1.82, 2.24) is 5.32 Å². The third kappa shape index (κ3) is 3.22. The van der Waals surface area contributed by atoms with Gasteiger partial charge in [0, 0.05) is 18.9 Å². The van der Waals surface area contributed by atoms with Crippen LogP contribution in [0.1, 0.15) is 26.7 Å². The number of hydrogen-bond donors (Lipinski definition) is 1. The van der Waals surface area contributed by atoms with E-state index < -0.39 is 0 Å². The summed E-state index contributed by atoms with van der Waals surface area (Å²) in [5.41, 5.74) is 0. The highest BCUT2D eigenvalue weighted by Crippen LogP contribution is 2.24. The van der Waals surface area contributed by atoms with Crippen molar-refractivity contribution in [3.63, 3.8) is 0 Å². The van der Waals surface area contributed by atoms with Gasteiger partial charge in [0.25, 0.3) is 0 Å². The Morgan fingerprint density at radius 3 is 2.50 bits per heavy atom. The number of esters is 1. The molecule has 0 aliphatic carbocycles. The summed E-state index contributed by atoms with van der Waals surface area (Å²) in [6, 6.07) is 0.0761. The van der Waals surface area contributed by atoms with Crippen LogP contribution < -0.4 is 5.32 Å². The molecule has 4 unspecified atom stereocenters. The van der Waals surface area contributed by atoms with Gasteiger partial charge in [0.2, 0.25) is 0 Å². The largest absolute Gasteiger partial charge is 0.462 e. The molecule has 2 aliphatic rings. The zero-order chi connectivity index (χ0) is 13.1. The van der Waals surface area contributed by atoms with Gasteiger partial charge in [0.15, 0.2) is 0 Å². The summed E-state index contributed by atoms with van der Waals surface area (Å²) >= 11 is 0. The van der Waals surface area contributed by atoms with Crippen LogP contribution in [0.3, 0.4) is 0 Å². The van der Waals surface area contributed by atoms with Gasteiger partial charge in [-0.15, -0.1) is 0 Å². The van der Waals surface area contributed by atoms with Gasteiger partial charge >= 0.3 is 5.97 Å². The summed E-state index contributed by atoms with van der Waals surface area (Å²) in [5.74, 6) is -0.318. The number of hydrogen-bond acceptors (Lipinski definition) is 5. The topological polar surface area (TPSA) is 56.8 Å². The molecule has 0 amide bonds. The zero-order valence-corrected chi connectivity index (χ0v) is 11.3. The Bertz CT molecular complexity index is 287. The van der Waals surface area contributed by atoms with Gasteiger partial charge in [0.1, 0.15) is 6.10 Å². The maximum Gasteiger partial charge on any atom is 0.313 e. The van der Waals surface area contributed by atoms with Crippen LogP contribution >= 0.6 is 0 Å².